The second-order valence-corrected chi connectivity index (χ2v) is 8.96. The molecule has 0 radical (unpaired) electrons. The molecule has 0 unspecified atom stereocenters. The predicted molar refractivity (Wildman–Crippen MR) is 95.3 cm³/mol. The van der Waals surface area contributed by atoms with E-state index in [1.807, 2.05) is 0 Å². The normalized spacial score (nSPS) is 14.4. The standard InChI is InChI=1S/C17H16BrNO5S/c18-12-3-4-14(20)15(7-12)25(23,24)8-11-5-10(9-1-2-9)6-13(16(11)21)17(19)22/h3-7,9,20-21H,1-2,8H2,(H2,19,22). The van der Waals surface area contributed by atoms with Gasteiger partial charge in [-0.1, -0.05) is 22.0 Å². The number of primary amides is 1. The number of benzene rings is 2. The fourth-order valence-electron chi connectivity index (χ4n) is 2.69. The van der Waals surface area contributed by atoms with Crippen LogP contribution in [0.4, 0.5) is 0 Å². The van der Waals surface area contributed by atoms with Gasteiger partial charge in [0.2, 0.25) is 0 Å². The van der Waals surface area contributed by atoms with Gasteiger partial charge in [0.05, 0.1) is 11.3 Å². The number of nitrogens with two attached hydrogens (primary N) is 1. The first-order chi connectivity index (χ1) is 11.7. The zero-order valence-corrected chi connectivity index (χ0v) is 15.5. The van der Waals surface area contributed by atoms with E-state index in [4.69, 9.17) is 5.73 Å². The van der Waals surface area contributed by atoms with Gasteiger partial charge < -0.3 is 15.9 Å². The highest BCUT2D eigenvalue weighted by Gasteiger charge is 2.28. The summed E-state index contributed by atoms with van der Waals surface area (Å²) in [5.41, 5.74) is 6.09. The van der Waals surface area contributed by atoms with Gasteiger partial charge in [-0.2, -0.15) is 0 Å². The molecule has 1 aliphatic rings. The first kappa shape index (κ1) is 17.8. The van der Waals surface area contributed by atoms with E-state index in [0.29, 0.717) is 4.47 Å². The molecule has 6 nitrogen and oxygen atoms in total. The van der Waals surface area contributed by atoms with E-state index in [9.17, 15) is 23.4 Å². The zero-order valence-electron chi connectivity index (χ0n) is 13.1. The third-order valence-corrected chi connectivity index (χ3v) is 6.31. The predicted octanol–water partition coefficient (Wildman–Crippen LogP) is 2.81. The molecule has 0 saturated heterocycles. The van der Waals surface area contributed by atoms with Crippen LogP contribution in [-0.2, 0) is 15.6 Å². The van der Waals surface area contributed by atoms with Gasteiger partial charge in [0.15, 0.2) is 9.84 Å². The van der Waals surface area contributed by atoms with Crippen LogP contribution in [0.15, 0.2) is 39.7 Å². The maximum absolute atomic E-state index is 12.7. The van der Waals surface area contributed by atoms with Crippen molar-refractivity contribution in [1.82, 2.24) is 0 Å². The van der Waals surface area contributed by atoms with Crippen molar-refractivity contribution in [3.63, 3.8) is 0 Å². The minimum Gasteiger partial charge on any atom is -0.507 e. The average Bonchev–Trinajstić information content (AvgIpc) is 3.36. The Morgan fingerprint density at radius 2 is 1.88 bits per heavy atom. The van der Waals surface area contributed by atoms with Gasteiger partial charge >= 0.3 is 0 Å². The number of halogens is 1. The molecule has 1 saturated carbocycles. The van der Waals surface area contributed by atoms with Crippen LogP contribution in [0.25, 0.3) is 0 Å². The van der Waals surface area contributed by atoms with Gasteiger partial charge in [-0.25, -0.2) is 8.42 Å². The number of hydrogen-bond acceptors (Lipinski definition) is 5. The molecule has 132 valence electrons. The summed E-state index contributed by atoms with van der Waals surface area (Å²) in [6.45, 7) is 0. The van der Waals surface area contributed by atoms with Crippen molar-refractivity contribution in [2.45, 2.75) is 29.4 Å². The number of hydrogen-bond donors (Lipinski definition) is 3. The summed E-state index contributed by atoms with van der Waals surface area (Å²) in [4.78, 5) is 11.3. The Kier molecular flexibility index (Phi) is 4.51. The van der Waals surface area contributed by atoms with Crippen LogP contribution in [0, 0.1) is 0 Å². The zero-order chi connectivity index (χ0) is 18.4. The van der Waals surface area contributed by atoms with Gasteiger partial charge in [0.1, 0.15) is 16.4 Å². The van der Waals surface area contributed by atoms with Crippen molar-refractivity contribution in [3.8, 4) is 11.5 Å². The number of sulfone groups is 1. The molecule has 0 spiro atoms. The third kappa shape index (κ3) is 3.64. The van der Waals surface area contributed by atoms with Crippen LogP contribution in [0.2, 0.25) is 0 Å². The number of carbonyl (C=O) groups is 1. The second kappa shape index (κ2) is 6.34. The number of amides is 1. The number of phenolic OH excluding ortho intramolecular Hbond substituents is 1. The molecule has 4 N–H and O–H groups in total. The molecule has 25 heavy (non-hydrogen) atoms. The topological polar surface area (TPSA) is 118 Å². The van der Waals surface area contributed by atoms with Gasteiger partial charge in [-0.15, -0.1) is 0 Å². The molecule has 8 heteroatoms. The molecule has 0 aliphatic heterocycles. The van der Waals surface area contributed by atoms with Crippen LogP contribution >= 0.6 is 15.9 Å². The minimum atomic E-state index is -3.95. The van der Waals surface area contributed by atoms with E-state index < -0.39 is 27.2 Å². The Labute approximate surface area is 153 Å². The van der Waals surface area contributed by atoms with Crippen molar-refractivity contribution in [1.29, 1.82) is 0 Å². The molecule has 0 atom stereocenters. The van der Waals surface area contributed by atoms with Crippen molar-refractivity contribution in [3.05, 3.63) is 51.5 Å². The molecule has 0 heterocycles. The highest BCUT2D eigenvalue weighted by molar-refractivity contribution is 9.10. The lowest BCUT2D eigenvalue weighted by Gasteiger charge is -2.12. The summed E-state index contributed by atoms with van der Waals surface area (Å²) >= 11 is 3.17. The van der Waals surface area contributed by atoms with Crippen LogP contribution in [0.5, 0.6) is 11.5 Å². The Balaban J connectivity index is 2.07. The lowest BCUT2D eigenvalue weighted by Crippen LogP contribution is -2.14. The maximum atomic E-state index is 12.7. The summed E-state index contributed by atoms with van der Waals surface area (Å²) in [5, 5.41) is 20.2. The first-order valence-electron chi connectivity index (χ1n) is 7.56. The maximum Gasteiger partial charge on any atom is 0.252 e. The SMILES string of the molecule is NC(=O)c1cc(C2CC2)cc(CS(=O)(=O)c2cc(Br)ccc2O)c1O. The van der Waals surface area contributed by atoms with Crippen LogP contribution in [-0.4, -0.2) is 24.5 Å². The molecular weight excluding hydrogens is 410 g/mol. The van der Waals surface area contributed by atoms with Gasteiger partial charge in [-0.05, 0) is 48.6 Å². The second-order valence-electron chi connectivity index (χ2n) is 6.09. The quantitative estimate of drug-likeness (QED) is 0.680. The highest BCUT2D eigenvalue weighted by Crippen LogP contribution is 2.43. The third-order valence-electron chi connectivity index (χ3n) is 4.13. The average molecular weight is 426 g/mol. The molecule has 2 aromatic carbocycles. The van der Waals surface area contributed by atoms with Crippen LogP contribution in [0.3, 0.4) is 0 Å². The lowest BCUT2D eigenvalue weighted by atomic mass is 10.0. The van der Waals surface area contributed by atoms with Crippen molar-refractivity contribution >= 4 is 31.7 Å². The highest BCUT2D eigenvalue weighted by atomic mass is 79.9. The summed E-state index contributed by atoms with van der Waals surface area (Å²) < 4.78 is 25.9. The fourth-order valence-corrected chi connectivity index (χ4v) is 4.68. The number of carbonyl (C=O) groups excluding carboxylic acids is 1. The van der Waals surface area contributed by atoms with E-state index in [2.05, 4.69) is 15.9 Å². The van der Waals surface area contributed by atoms with E-state index >= 15 is 0 Å². The van der Waals surface area contributed by atoms with Gasteiger partial charge in [0.25, 0.3) is 5.91 Å². The van der Waals surface area contributed by atoms with E-state index in [1.165, 1.54) is 24.3 Å². The number of phenols is 2. The van der Waals surface area contributed by atoms with E-state index in [1.54, 1.807) is 6.07 Å². The van der Waals surface area contributed by atoms with Crippen molar-refractivity contribution in [2.24, 2.45) is 5.73 Å². The van der Waals surface area contributed by atoms with Crippen LogP contribution < -0.4 is 5.73 Å². The Morgan fingerprint density at radius 1 is 1.20 bits per heavy atom. The molecule has 3 rings (SSSR count). The first-order valence-corrected chi connectivity index (χ1v) is 10.0. The van der Waals surface area contributed by atoms with E-state index in [0.717, 1.165) is 18.4 Å². The Hall–Kier alpha value is -2.06. The molecule has 1 aliphatic carbocycles. The van der Waals surface area contributed by atoms with Crippen molar-refractivity contribution < 1.29 is 23.4 Å². The Morgan fingerprint density at radius 3 is 2.48 bits per heavy atom. The van der Waals surface area contributed by atoms with Crippen LogP contribution in [0.1, 0.15) is 40.2 Å². The van der Waals surface area contributed by atoms with Crippen molar-refractivity contribution in [2.75, 3.05) is 0 Å². The molecule has 2 aromatic rings. The largest absolute Gasteiger partial charge is 0.507 e. The lowest BCUT2D eigenvalue weighted by molar-refractivity contribution is 0.0997. The molecule has 1 fully saturated rings. The van der Waals surface area contributed by atoms with Gasteiger partial charge in [0, 0.05) is 10.0 Å². The fraction of sp³-hybridized carbons (Fsp3) is 0.235. The summed E-state index contributed by atoms with van der Waals surface area (Å²) in [6, 6.07) is 7.19. The molecule has 0 aromatic heterocycles. The molecule has 1 amide bonds. The summed E-state index contributed by atoms with van der Waals surface area (Å²) in [7, 11) is -3.95. The van der Waals surface area contributed by atoms with Gasteiger partial charge in [-0.3, -0.25) is 4.79 Å². The monoisotopic (exact) mass is 425 g/mol. The summed E-state index contributed by atoms with van der Waals surface area (Å²) in [5.74, 6) is -1.93. The number of rotatable bonds is 5. The smallest absolute Gasteiger partial charge is 0.252 e. The number of aromatic hydroxyl groups is 2. The molecule has 0 bridgehead atoms. The van der Waals surface area contributed by atoms with E-state index in [-0.39, 0.29) is 27.7 Å². The minimum absolute atomic E-state index is 0.0898. The summed E-state index contributed by atoms with van der Waals surface area (Å²) in [6.07, 6.45) is 1.89. The molecular formula is C17H16BrNO5S. The Bertz CT molecular complexity index is 967.